The Morgan fingerprint density at radius 2 is 1.69 bits per heavy atom. The number of nitrogens with zero attached hydrogens (tertiary/aromatic N) is 1. The number of hydrogen-bond donors (Lipinski definition) is 2. The predicted molar refractivity (Wildman–Crippen MR) is 104 cm³/mol. The number of nitrogens with one attached hydrogen (secondary N) is 2. The summed E-state index contributed by atoms with van der Waals surface area (Å²) < 4.78 is 5.74. The Balaban J connectivity index is 2.05. The van der Waals surface area contributed by atoms with Gasteiger partial charge in [0.05, 0.1) is 18.2 Å². The molecular formula is C20H31N3O3. The van der Waals surface area contributed by atoms with Crippen molar-refractivity contribution in [3.05, 3.63) is 23.8 Å². The molecular weight excluding hydrogens is 330 g/mol. The van der Waals surface area contributed by atoms with Crippen LogP contribution in [0.15, 0.2) is 18.2 Å². The van der Waals surface area contributed by atoms with E-state index in [9.17, 15) is 9.59 Å². The molecule has 1 aromatic carbocycles. The van der Waals surface area contributed by atoms with E-state index in [1.807, 2.05) is 59.7 Å². The highest BCUT2D eigenvalue weighted by Crippen LogP contribution is 2.22. The van der Waals surface area contributed by atoms with Crippen LogP contribution in [0, 0.1) is 12.8 Å². The van der Waals surface area contributed by atoms with Gasteiger partial charge >= 0.3 is 0 Å². The lowest BCUT2D eigenvalue weighted by Gasteiger charge is -2.38. The lowest BCUT2D eigenvalue weighted by molar-refractivity contribution is -0.127. The molecule has 1 saturated heterocycles. The number of anilines is 2. The number of amides is 2. The summed E-state index contributed by atoms with van der Waals surface area (Å²) in [5, 5.41) is 5.88. The molecule has 1 heterocycles. The lowest BCUT2D eigenvalue weighted by atomic mass is 10.1. The highest BCUT2D eigenvalue weighted by molar-refractivity contribution is 5.97. The van der Waals surface area contributed by atoms with E-state index in [2.05, 4.69) is 15.5 Å². The van der Waals surface area contributed by atoms with Crippen LogP contribution < -0.4 is 10.6 Å². The first-order chi connectivity index (χ1) is 12.2. The first-order valence-electron chi connectivity index (χ1n) is 9.29. The smallest absolute Gasteiger partial charge is 0.241 e. The molecule has 0 spiro atoms. The van der Waals surface area contributed by atoms with Crippen LogP contribution in [0.25, 0.3) is 0 Å². The van der Waals surface area contributed by atoms with Crippen LogP contribution in [0.5, 0.6) is 0 Å². The van der Waals surface area contributed by atoms with E-state index in [0.717, 1.165) is 24.3 Å². The van der Waals surface area contributed by atoms with Gasteiger partial charge in [-0.1, -0.05) is 19.9 Å². The average Bonchev–Trinajstić information content (AvgIpc) is 2.56. The molecule has 0 radical (unpaired) electrons. The van der Waals surface area contributed by atoms with Crippen molar-refractivity contribution in [2.45, 2.75) is 59.8 Å². The monoisotopic (exact) mass is 361 g/mol. The molecule has 2 N–H and O–H groups in total. The summed E-state index contributed by atoms with van der Waals surface area (Å²) in [6.45, 7) is 13.1. The van der Waals surface area contributed by atoms with E-state index in [1.165, 1.54) is 0 Å². The predicted octanol–water partition coefficient (Wildman–Crippen LogP) is 3.03. The number of rotatable bonds is 5. The fourth-order valence-corrected chi connectivity index (χ4v) is 3.06. The van der Waals surface area contributed by atoms with E-state index in [-0.39, 0.29) is 36.0 Å². The average molecular weight is 361 g/mol. The zero-order valence-electron chi connectivity index (χ0n) is 16.6. The van der Waals surface area contributed by atoms with Crippen molar-refractivity contribution in [3.63, 3.8) is 0 Å². The van der Waals surface area contributed by atoms with Crippen LogP contribution in [-0.2, 0) is 14.3 Å². The van der Waals surface area contributed by atoms with Crippen molar-refractivity contribution in [1.29, 1.82) is 0 Å². The SMILES string of the molecule is Cc1ccc(NC(=O)C(C)N2C[C@@H](C)O[C@@H](C)C2)cc1NC(=O)C(C)C. The molecule has 6 nitrogen and oxygen atoms in total. The van der Waals surface area contributed by atoms with E-state index >= 15 is 0 Å². The number of benzene rings is 1. The summed E-state index contributed by atoms with van der Waals surface area (Å²) in [4.78, 5) is 26.8. The van der Waals surface area contributed by atoms with Gasteiger partial charge in [0.15, 0.2) is 0 Å². The second-order valence-corrected chi connectivity index (χ2v) is 7.55. The van der Waals surface area contributed by atoms with Crippen molar-refractivity contribution >= 4 is 23.2 Å². The van der Waals surface area contributed by atoms with Crippen LogP contribution in [0.3, 0.4) is 0 Å². The fraction of sp³-hybridized carbons (Fsp3) is 0.600. The molecule has 0 aromatic heterocycles. The summed E-state index contributed by atoms with van der Waals surface area (Å²) in [7, 11) is 0. The summed E-state index contributed by atoms with van der Waals surface area (Å²) >= 11 is 0. The van der Waals surface area contributed by atoms with Crippen LogP contribution in [0.4, 0.5) is 11.4 Å². The molecule has 3 atom stereocenters. The third-order valence-corrected chi connectivity index (χ3v) is 4.66. The zero-order chi connectivity index (χ0) is 19.4. The summed E-state index contributed by atoms with van der Waals surface area (Å²) in [5.41, 5.74) is 2.37. The Bertz CT molecular complexity index is 650. The Kier molecular flexibility index (Phi) is 6.78. The molecule has 1 fully saturated rings. The number of morpholine rings is 1. The Labute approximate surface area is 156 Å². The minimum Gasteiger partial charge on any atom is -0.373 e. The van der Waals surface area contributed by atoms with Gasteiger partial charge in [0.1, 0.15) is 0 Å². The molecule has 2 rings (SSSR count). The fourth-order valence-electron chi connectivity index (χ4n) is 3.06. The quantitative estimate of drug-likeness (QED) is 0.846. The van der Waals surface area contributed by atoms with Gasteiger partial charge in [-0.2, -0.15) is 0 Å². The Morgan fingerprint density at radius 3 is 2.27 bits per heavy atom. The van der Waals surface area contributed by atoms with Crippen molar-refractivity contribution < 1.29 is 14.3 Å². The molecule has 1 unspecified atom stereocenters. The highest BCUT2D eigenvalue weighted by Gasteiger charge is 2.29. The summed E-state index contributed by atoms with van der Waals surface area (Å²) in [6, 6.07) is 5.31. The van der Waals surface area contributed by atoms with Crippen LogP contribution in [-0.4, -0.2) is 48.1 Å². The van der Waals surface area contributed by atoms with Gasteiger partial charge in [-0.25, -0.2) is 0 Å². The third-order valence-electron chi connectivity index (χ3n) is 4.66. The van der Waals surface area contributed by atoms with Gasteiger partial charge in [0, 0.05) is 30.4 Å². The second kappa shape index (κ2) is 8.64. The molecule has 1 aromatic rings. The number of carbonyl (C=O) groups excluding carboxylic acids is 2. The van der Waals surface area contributed by atoms with Crippen LogP contribution in [0.1, 0.15) is 40.2 Å². The molecule has 0 bridgehead atoms. The van der Waals surface area contributed by atoms with E-state index < -0.39 is 0 Å². The third kappa shape index (κ3) is 5.29. The van der Waals surface area contributed by atoms with Crippen molar-refractivity contribution in [3.8, 4) is 0 Å². The second-order valence-electron chi connectivity index (χ2n) is 7.55. The van der Waals surface area contributed by atoms with Crippen molar-refractivity contribution in [2.75, 3.05) is 23.7 Å². The summed E-state index contributed by atoms with van der Waals surface area (Å²) in [5.74, 6) is -0.199. The number of hydrogen-bond acceptors (Lipinski definition) is 4. The number of carbonyl (C=O) groups is 2. The molecule has 1 aliphatic rings. The van der Waals surface area contributed by atoms with E-state index in [0.29, 0.717) is 5.69 Å². The standard InChI is InChI=1S/C20H31N3O3/c1-12(2)19(24)22-18-9-17(8-7-13(18)3)21-20(25)16(6)23-10-14(4)26-15(5)11-23/h7-9,12,14-16H,10-11H2,1-6H3,(H,21,25)(H,22,24)/t14-,15+,16?. The van der Waals surface area contributed by atoms with Crippen LogP contribution >= 0.6 is 0 Å². The largest absolute Gasteiger partial charge is 0.373 e. The maximum atomic E-state index is 12.7. The maximum Gasteiger partial charge on any atom is 0.241 e. The van der Waals surface area contributed by atoms with Crippen molar-refractivity contribution in [1.82, 2.24) is 4.90 Å². The Morgan fingerprint density at radius 1 is 1.08 bits per heavy atom. The topological polar surface area (TPSA) is 70.7 Å². The first kappa shape index (κ1) is 20.4. The number of ether oxygens (including phenoxy) is 1. The van der Waals surface area contributed by atoms with E-state index in [1.54, 1.807) is 0 Å². The van der Waals surface area contributed by atoms with Gasteiger partial charge in [0.2, 0.25) is 11.8 Å². The lowest BCUT2D eigenvalue weighted by Crippen LogP contribution is -2.52. The molecule has 26 heavy (non-hydrogen) atoms. The van der Waals surface area contributed by atoms with Gasteiger partial charge < -0.3 is 15.4 Å². The first-order valence-corrected chi connectivity index (χ1v) is 9.29. The van der Waals surface area contributed by atoms with Crippen LogP contribution in [0.2, 0.25) is 0 Å². The van der Waals surface area contributed by atoms with Gasteiger partial charge in [-0.3, -0.25) is 14.5 Å². The Hall–Kier alpha value is -1.92. The molecule has 6 heteroatoms. The molecule has 144 valence electrons. The minimum atomic E-state index is -0.251. The molecule has 1 aliphatic heterocycles. The zero-order valence-corrected chi connectivity index (χ0v) is 16.6. The normalized spacial score (nSPS) is 22.1. The molecule has 0 aliphatic carbocycles. The molecule has 0 saturated carbocycles. The number of aryl methyl sites for hydroxylation is 1. The van der Waals surface area contributed by atoms with Crippen molar-refractivity contribution in [2.24, 2.45) is 5.92 Å². The summed E-state index contributed by atoms with van der Waals surface area (Å²) in [6.07, 6.45) is 0.234. The maximum absolute atomic E-state index is 12.7. The van der Waals surface area contributed by atoms with Gasteiger partial charge in [0.25, 0.3) is 0 Å². The molecule has 2 amide bonds. The highest BCUT2D eigenvalue weighted by atomic mass is 16.5. The van der Waals surface area contributed by atoms with Gasteiger partial charge in [-0.15, -0.1) is 0 Å². The van der Waals surface area contributed by atoms with E-state index in [4.69, 9.17) is 4.74 Å². The minimum absolute atomic E-state index is 0.0405. The van der Waals surface area contributed by atoms with Gasteiger partial charge in [-0.05, 0) is 45.4 Å².